The van der Waals surface area contributed by atoms with Crippen molar-refractivity contribution in [2.24, 2.45) is 0 Å². The van der Waals surface area contributed by atoms with Crippen molar-refractivity contribution in [1.29, 1.82) is 0 Å². The number of phenolic OH excluding ortho intramolecular Hbond substituents is 1. The fraction of sp³-hybridized carbons (Fsp3) is 0.500. The number of nitrogens with one attached hydrogen (secondary N) is 1. The summed E-state index contributed by atoms with van der Waals surface area (Å²) >= 11 is 3.41. The van der Waals surface area contributed by atoms with Crippen LogP contribution in [0, 0.1) is 0 Å². The summed E-state index contributed by atoms with van der Waals surface area (Å²) in [5, 5.41) is 13.1. The molecule has 1 aromatic rings. The van der Waals surface area contributed by atoms with Crippen LogP contribution < -0.4 is 5.32 Å². The fourth-order valence-corrected chi connectivity index (χ4v) is 1.84. The van der Waals surface area contributed by atoms with Crippen LogP contribution in [-0.2, 0) is 4.74 Å². The molecule has 0 saturated carbocycles. The fourth-order valence-electron chi connectivity index (χ4n) is 1.46. The van der Waals surface area contributed by atoms with Crippen molar-refractivity contribution < 1.29 is 14.6 Å². The van der Waals surface area contributed by atoms with Gasteiger partial charge in [-0.05, 0) is 44.4 Å². The maximum Gasteiger partial charge on any atom is 0.412 e. The van der Waals surface area contributed by atoms with E-state index in [2.05, 4.69) is 28.2 Å². The zero-order valence-corrected chi connectivity index (χ0v) is 13.2. The van der Waals surface area contributed by atoms with E-state index in [9.17, 15) is 9.90 Å². The number of amides is 1. The van der Waals surface area contributed by atoms with E-state index < -0.39 is 11.7 Å². The van der Waals surface area contributed by atoms with Crippen molar-refractivity contribution >= 4 is 27.7 Å². The maximum atomic E-state index is 11.7. The van der Waals surface area contributed by atoms with Crippen molar-refractivity contribution in [3.05, 3.63) is 23.8 Å². The molecule has 19 heavy (non-hydrogen) atoms. The van der Waals surface area contributed by atoms with Gasteiger partial charge in [-0.1, -0.05) is 28.9 Å². The standard InChI is InChI=1S/C14H20BrNO3/c1-9(8-15)10-5-6-12(17)11(7-10)16-13(18)19-14(2,3)4/h5-7,9,17H,8H2,1-4H3,(H,16,18). The summed E-state index contributed by atoms with van der Waals surface area (Å²) in [5.41, 5.74) is 0.820. The third-order valence-corrected chi connectivity index (χ3v) is 3.43. The van der Waals surface area contributed by atoms with Crippen LogP contribution in [0.5, 0.6) is 5.75 Å². The summed E-state index contributed by atoms with van der Waals surface area (Å²) in [6, 6.07) is 5.16. The van der Waals surface area contributed by atoms with Crippen molar-refractivity contribution in [3.8, 4) is 5.75 Å². The van der Waals surface area contributed by atoms with Gasteiger partial charge < -0.3 is 9.84 Å². The van der Waals surface area contributed by atoms with Gasteiger partial charge in [-0.3, -0.25) is 5.32 Å². The summed E-state index contributed by atoms with van der Waals surface area (Å²) in [5.74, 6) is 0.316. The lowest BCUT2D eigenvalue weighted by atomic mass is 10.0. The lowest BCUT2D eigenvalue weighted by molar-refractivity contribution is 0.0635. The monoisotopic (exact) mass is 329 g/mol. The number of ether oxygens (including phenoxy) is 1. The van der Waals surface area contributed by atoms with Gasteiger partial charge in [-0.25, -0.2) is 4.79 Å². The first kappa shape index (κ1) is 15.8. The number of benzene rings is 1. The number of rotatable bonds is 3. The van der Waals surface area contributed by atoms with Crippen LogP contribution in [-0.4, -0.2) is 22.1 Å². The van der Waals surface area contributed by atoms with Crippen LogP contribution in [0.25, 0.3) is 0 Å². The number of halogens is 1. The van der Waals surface area contributed by atoms with Crippen molar-refractivity contribution in [3.63, 3.8) is 0 Å². The van der Waals surface area contributed by atoms with Crippen molar-refractivity contribution in [2.75, 3.05) is 10.6 Å². The van der Waals surface area contributed by atoms with E-state index in [1.807, 2.05) is 6.07 Å². The topological polar surface area (TPSA) is 58.6 Å². The first-order valence-electron chi connectivity index (χ1n) is 6.12. The Labute approximate surface area is 122 Å². The highest BCUT2D eigenvalue weighted by Gasteiger charge is 2.17. The van der Waals surface area contributed by atoms with E-state index in [0.29, 0.717) is 11.6 Å². The number of phenols is 1. The Bertz CT molecular complexity index is 454. The molecule has 0 heterocycles. The molecule has 5 heteroatoms. The molecule has 1 amide bonds. The number of hydrogen-bond donors (Lipinski definition) is 2. The summed E-state index contributed by atoms with van der Waals surface area (Å²) in [4.78, 5) is 11.7. The Morgan fingerprint density at radius 3 is 2.63 bits per heavy atom. The largest absolute Gasteiger partial charge is 0.506 e. The van der Waals surface area contributed by atoms with Gasteiger partial charge in [0.25, 0.3) is 0 Å². The number of carbonyl (C=O) groups excluding carboxylic acids is 1. The van der Waals surface area contributed by atoms with Gasteiger partial charge in [-0.2, -0.15) is 0 Å². The predicted octanol–water partition coefficient (Wildman–Crippen LogP) is 4.24. The molecular formula is C14H20BrNO3. The van der Waals surface area contributed by atoms with E-state index in [-0.39, 0.29) is 5.75 Å². The van der Waals surface area contributed by atoms with Crippen molar-refractivity contribution in [2.45, 2.75) is 39.2 Å². The Balaban J connectivity index is 2.85. The van der Waals surface area contributed by atoms with Crippen LogP contribution in [0.15, 0.2) is 18.2 Å². The van der Waals surface area contributed by atoms with Crippen LogP contribution in [0.2, 0.25) is 0 Å². The molecule has 0 radical (unpaired) electrons. The molecule has 2 N–H and O–H groups in total. The van der Waals surface area contributed by atoms with Crippen LogP contribution in [0.3, 0.4) is 0 Å². The van der Waals surface area contributed by atoms with Crippen molar-refractivity contribution in [1.82, 2.24) is 0 Å². The van der Waals surface area contributed by atoms with E-state index in [4.69, 9.17) is 4.74 Å². The summed E-state index contributed by atoms with van der Waals surface area (Å²) in [6.45, 7) is 7.42. The molecule has 4 nitrogen and oxygen atoms in total. The number of hydrogen-bond acceptors (Lipinski definition) is 3. The molecule has 0 aliphatic carbocycles. The average Bonchev–Trinajstić information content (AvgIpc) is 2.28. The molecule has 0 bridgehead atoms. The van der Waals surface area contributed by atoms with Gasteiger partial charge in [0, 0.05) is 5.33 Å². The molecule has 0 aromatic heterocycles. The molecule has 0 spiro atoms. The third-order valence-electron chi connectivity index (χ3n) is 2.46. The molecule has 1 rings (SSSR count). The smallest absolute Gasteiger partial charge is 0.412 e. The predicted molar refractivity (Wildman–Crippen MR) is 80.2 cm³/mol. The Morgan fingerprint density at radius 1 is 1.47 bits per heavy atom. The molecule has 0 fully saturated rings. The molecule has 0 aliphatic rings. The van der Waals surface area contributed by atoms with Crippen LogP contribution in [0.1, 0.15) is 39.2 Å². The second kappa shape index (κ2) is 6.28. The number of anilines is 1. The second-order valence-electron chi connectivity index (χ2n) is 5.46. The minimum atomic E-state index is -0.577. The summed E-state index contributed by atoms with van der Waals surface area (Å²) in [7, 11) is 0. The van der Waals surface area contributed by atoms with Crippen LogP contribution >= 0.6 is 15.9 Å². The highest BCUT2D eigenvalue weighted by Crippen LogP contribution is 2.29. The van der Waals surface area contributed by atoms with E-state index in [1.54, 1.807) is 32.9 Å². The Kier molecular flexibility index (Phi) is 5.23. The van der Waals surface area contributed by atoms with Gasteiger partial charge in [-0.15, -0.1) is 0 Å². The summed E-state index contributed by atoms with van der Waals surface area (Å²) < 4.78 is 5.15. The molecule has 0 aliphatic heterocycles. The molecule has 1 atom stereocenters. The van der Waals surface area contributed by atoms with Gasteiger partial charge >= 0.3 is 6.09 Å². The quantitative estimate of drug-likeness (QED) is 0.644. The Morgan fingerprint density at radius 2 is 2.11 bits per heavy atom. The summed E-state index contributed by atoms with van der Waals surface area (Å²) in [6.07, 6.45) is -0.577. The molecule has 1 aromatic carbocycles. The zero-order valence-electron chi connectivity index (χ0n) is 11.7. The number of alkyl halides is 1. The minimum Gasteiger partial charge on any atom is -0.506 e. The van der Waals surface area contributed by atoms with Crippen LogP contribution in [0.4, 0.5) is 10.5 Å². The van der Waals surface area contributed by atoms with E-state index in [0.717, 1.165) is 10.9 Å². The molecule has 106 valence electrons. The highest BCUT2D eigenvalue weighted by atomic mass is 79.9. The SMILES string of the molecule is CC(CBr)c1ccc(O)c(NC(=O)OC(C)(C)C)c1. The minimum absolute atomic E-state index is 0.0244. The second-order valence-corrected chi connectivity index (χ2v) is 6.11. The van der Waals surface area contributed by atoms with Gasteiger partial charge in [0.05, 0.1) is 5.69 Å². The van der Waals surface area contributed by atoms with E-state index in [1.165, 1.54) is 0 Å². The van der Waals surface area contributed by atoms with E-state index >= 15 is 0 Å². The van der Waals surface area contributed by atoms with Gasteiger partial charge in [0.1, 0.15) is 11.4 Å². The van der Waals surface area contributed by atoms with Gasteiger partial charge in [0.15, 0.2) is 0 Å². The zero-order chi connectivity index (χ0) is 14.6. The van der Waals surface area contributed by atoms with Gasteiger partial charge in [0.2, 0.25) is 0 Å². The maximum absolute atomic E-state index is 11.7. The molecule has 0 saturated heterocycles. The molecule has 1 unspecified atom stereocenters. The Hall–Kier alpha value is -1.23. The lowest BCUT2D eigenvalue weighted by Crippen LogP contribution is -2.27. The average molecular weight is 330 g/mol. The first-order valence-corrected chi connectivity index (χ1v) is 7.24. The normalized spacial score (nSPS) is 12.9. The number of carbonyl (C=O) groups is 1. The number of aromatic hydroxyl groups is 1. The third kappa shape index (κ3) is 5.11. The molecular weight excluding hydrogens is 310 g/mol. The lowest BCUT2D eigenvalue weighted by Gasteiger charge is -2.20. The first-order chi connectivity index (χ1) is 8.73. The highest BCUT2D eigenvalue weighted by molar-refractivity contribution is 9.09.